The Hall–Kier alpha value is -1.26. The topological polar surface area (TPSA) is 66.6 Å². The minimum atomic E-state index is -0.533. The maximum absolute atomic E-state index is 11.5. The molecule has 73 valence electrons. The van der Waals surface area contributed by atoms with Crippen LogP contribution in [0, 0.1) is 6.42 Å². The van der Waals surface area contributed by atoms with Crippen molar-refractivity contribution in [3.63, 3.8) is 0 Å². The van der Waals surface area contributed by atoms with Crippen LogP contribution in [-0.4, -0.2) is 48.4 Å². The zero-order valence-electron chi connectivity index (χ0n) is 7.86. The molecule has 0 spiro atoms. The third-order valence-electron chi connectivity index (χ3n) is 2.02. The molecule has 1 fully saturated rings. The molecule has 5 heteroatoms. The maximum Gasteiger partial charge on any atom is 0.320 e. The zero-order chi connectivity index (χ0) is 10.0. The quantitative estimate of drug-likeness (QED) is 0.593. The van der Waals surface area contributed by atoms with E-state index in [-0.39, 0.29) is 6.03 Å². The number of carbonyl (C=O) groups is 2. The fourth-order valence-electron chi connectivity index (χ4n) is 1.38. The SMILES string of the molecule is CN(C)C(=O)N1CC[CH][C@H]1C(N)=O. The van der Waals surface area contributed by atoms with Crippen LogP contribution in [0.2, 0.25) is 0 Å². The number of amides is 3. The number of carbonyl (C=O) groups excluding carboxylic acids is 2. The number of likely N-dealkylation sites (tertiary alicyclic amines) is 1. The van der Waals surface area contributed by atoms with Gasteiger partial charge >= 0.3 is 6.03 Å². The number of hydrogen-bond donors (Lipinski definition) is 1. The van der Waals surface area contributed by atoms with E-state index in [9.17, 15) is 9.59 Å². The number of urea groups is 1. The second-order valence-electron chi connectivity index (χ2n) is 3.24. The summed E-state index contributed by atoms with van der Waals surface area (Å²) >= 11 is 0. The van der Waals surface area contributed by atoms with Crippen molar-refractivity contribution >= 4 is 11.9 Å². The first-order valence-electron chi connectivity index (χ1n) is 4.14. The fraction of sp³-hybridized carbons (Fsp3) is 0.625. The van der Waals surface area contributed by atoms with Crippen molar-refractivity contribution in [1.82, 2.24) is 9.80 Å². The molecule has 0 bridgehead atoms. The molecule has 1 aliphatic heterocycles. The lowest BCUT2D eigenvalue weighted by Crippen LogP contribution is -2.47. The van der Waals surface area contributed by atoms with E-state index in [1.807, 2.05) is 0 Å². The second kappa shape index (κ2) is 3.64. The molecule has 1 radical (unpaired) electrons. The Labute approximate surface area is 77.5 Å². The Balaban J connectivity index is 2.68. The molecular weight excluding hydrogens is 170 g/mol. The molecule has 2 N–H and O–H groups in total. The van der Waals surface area contributed by atoms with Crippen LogP contribution in [0.3, 0.4) is 0 Å². The summed E-state index contributed by atoms with van der Waals surface area (Å²) < 4.78 is 0. The summed E-state index contributed by atoms with van der Waals surface area (Å²) in [5.74, 6) is -0.465. The van der Waals surface area contributed by atoms with Gasteiger partial charge in [-0.15, -0.1) is 0 Å². The smallest absolute Gasteiger partial charge is 0.320 e. The summed E-state index contributed by atoms with van der Waals surface area (Å²) in [5.41, 5.74) is 5.14. The zero-order valence-corrected chi connectivity index (χ0v) is 7.86. The van der Waals surface area contributed by atoms with Crippen molar-refractivity contribution in [2.45, 2.75) is 12.5 Å². The molecular formula is C8H14N3O2. The van der Waals surface area contributed by atoms with Gasteiger partial charge in [-0.2, -0.15) is 0 Å². The molecule has 1 saturated heterocycles. The highest BCUT2D eigenvalue weighted by Crippen LogP contribution is 2.16. The fourth-order valence-corrected chi connectivity index (χ4v) is 1.38. The predicted octanol–water partition coefficient (Wildman–Crippen LogP) is -0.568. The lowest BCUT2D eigenvalue weighted by Gasteiger charge is -2.25. The first kappa shape index (κ1) is 9.83. The summed E-state index contributed by atoms with van der Waals surface area (Å²) in [6.07, 6.45) is 2.50. The van der Waals surface area contributed by atoms with Gasteiger partial charge < -0.3 is 15.5 Å². The molecule has 0 aromatic heterocycles. The highest BCUT2D eigenvalue weighted by atomic mass is 16.2. The lowest BCUT2D eigenvalue weighted by molar-refractivity contribution is -0.120. The first-order valence-corrected chi connectivity index (χ1v) is 4.14. The molecule has 13 heavy (non-hydrogen) atoms. The summed E-state index contributed by atoms with van der Waals surface area (Å²) in [4.78, 5) is 25.3. The van der Waals surface area contributed by atoms with Crippen molar-refractivity contribution < 1.29 is 9.59 Å². The molecule has 0 aliphatic carbocycles. The van der Waals surface area contributed by atoms with Crippen LogP contribution < -0.4 is 5.73 Å². The Morgan fingerprint density at radius 3 is 2.62 bits per heavy atom. The summed E-state index contributed by atoms with van der Waals surface area (Å²) in [6.45, 7) is 0.574. The summed E-state index contributed by atoms with van der Waals surface area (Å²) in [5, 5.41) is 0. The third-order valence-corrected chi connectivity index (χ3v) is 2.02. The Morgan fingerprint density at radius 1 is 1.54 bits per heavy atom. The molecule has 0 saturated carbocycles. The molecule has 0 unspecified atom stereocenters. The van der Waals surface area contributed by atoms with Crippen molar-refractivity contribution in [2.75, 3.05) is 20.6 Å². The molecule has 1 atom stereocenters. The van der Waals surface area contributed by atoms with Gasteiger partial charge in [0.15, 0.2) is 0 Å². The van der Waals surface area contributed by atoms with E-state index in [1.54, 1.807) is 20.5 Å². The number of hydrogen-bond acceptors (Lipinski definition) is 2. The molecule has 0 aromatic carbocycles. The third kappa shape index (κ3) is 1.91. The minimum absolute atomic E-state index is 0.169. The van der Waals surface area contributed by atoms with Gasteiger partial charge in [-0.1, -0.05) is 0 Å². The van der Waals surface area contributed by atoms with Gasteiger partial charge in [-0.25, -0.2) is 4.79 Å². The van der Waals surface area contributed by atoms with Gasteiger partial charge in [0, 0.05) is 20.6 Å². The Kier molecular flexibility index (Phi) is 2.75. The van der Waals surface area contributed by atoms with Gasteiger partial charge in [0.05, 0.1) is 0 Å². The van der Waals surface area contributed by atoms with Crippen LogP contribution in [-0.2, 0) is 4.79 Å². The van der Waals surface area contributed by atoms with Crippen LogP contribution in [0.5, 0.6) is 0 Å². The largest absolute Gasteiger partial charge is 0.368 e. The summed E-state index contributed by atoms with van der Waals surface area (Å²) in [7, 11) is 3.30. The summed E-state index contributed by atoms with van der Waals surface area (Å²) in [6, 6.07) is -0.701. The second-order valence-corrected chi connectivity index (χ2v) is 3.24. The average Bonchev–Trinajstić information content (AvgIpc) is 2.50. The van der Waals surface area contributed by atoms with Gasteiger partial charge in [0.2, 0.25) is 5.91 Å². The molecule has 1 heterocycles. The van der Waals surface area contributed by atoms with E-state index < -0.39 is 11.9 Å². The van der Waals surface area contributed by atoms with Crippen LogP contribution in [0.15, 0.2) is 0 Å². The van der Waals surface area contributed by atoms with Crippen LogP contribution in [0.4, 0.5) is 4.79 Å². The van der Waals surface area contributed by atoms with Gasteiger partial charge in [-0.3, -0.25) is 4.79 Å². The molecule has 0 aromatic rings. The van der Waals surface area contributed by atoms with E-state index in [0.717, 1.165) is 6.42 Å². The van der Waals surface area contributed by atoms with Gasteiger partial charge in [0.25, 0.3) is 0 Å². The van der Waals surface area contributed by atoms with Crippen molar-refractivity contribution in [2.24, 2.45) is 5.73 Å². The first-order chi connectivity index (χ1) is 6.04. The van der Waals surface area contributed by atoms with E-state index in [0.29, 0.717) is 6.54 Å². The van der Waals surface area contributed by atoms with Crippen molar-refractivity contribution in [1.29, 1.82) is 0 Å². The van der Waals surface area contributed by atoms with Crippen LogP contribution in [0.25, 0.3) is 0 Å². The lowest BCUT2D eigenvalue weighted by atomic mass is 10.2. The molecule has 5 nitrogen and oxygen atoms in total. The van der Waals surface area contributed by atoms with Gasteiger partial charge in [-0.05, 0) is 12.8 Å². The number of nitrogens with two attached hydrogens (primary N) is 1. The average molecular weight is 184 g/mol. The normalized spacial score (nSPS) is 21.7. The maximum atomic E-state index is 11.5. The standard InChI is InChI=1S/C8H14N3O2/c1-10(2)8(13)11-5-3-4-6(11)7(9)12/h4,6H,3,5H2,1-2H3,(H2,9,12)/t6-/m0/s1. The van der Waals surface area contributed by atoms with E-state index in [1.165, 1.54) is 9.80 Å². The van der Waals surface area contributed by atoms with Crippen molar-refractivity contribution in [3.05, 3.63) is 6.42 Å². The predicted molar refractivity (Wildman–Crippen MR) is 47.7 cm³/mol. The Bertz CT molecular complexity index is 227. The highest BCUT2D eigenvalue weighted by Gasteiger charge is 2.33. The van der Waals surface area contributed by atoms with E-state index >= 15 is 0 Å². The molecule has 3 amide bonds. The number of nitrogens with zero attached hydrogens (tertiary/aromatic N) is 2. The van der Waals surface area contributed by atoms with E-state index in [2.05, 4.69) is 0 Å². The molecule has 1 aliphatic rings. The Morgan fingerprint density at radius 2 is 2.15 bits per heavy atom. The minimum Gasteiger partial charge on any atom is -0.368 e. The highest BCUT2D eigenvalue weighted by molar-refractivity contribution is 5.87. The number of primary amides is 1. The van der Waals surface area contributed by atoms with E-state index in [4.69, 9.17) is 5.73 Å². The van der Waals surface area contributed by atoms with Crippen molar-refractivity contribution in [3.8, 4) is 0 Å². The molecule has 1 rings (SSSR count). The monoisotopic (exact) mass is 184 g/mol. The van der Waals surface area contributed by atoms with Crippen LogP contribution in [0.1, 0.15) is 6.42 Å². The van der Waals surface area contributed by atoms with Gasteiger partial charge in [0.1, 0.15) is 6.04 Å². The van der Waals surface area contributed by atoms with Crippen LogP contribution >= 0.6 is 0 Å². The number of rotatable bonds is 1.